The van der Waals surface area contributed by atoms with Crippen LogP contribution in [-0.4, -0.2) is 5.66 Å². The lowest BCUT2D eigenvalue weighted by Crippen LogP contribution is -2.16. The molecule has 1 aliphatic rings. The summed E-state index contributed by atoms with van der Waals surface area (Å²) in [6.45, 7) is 8.70. The average molecular weight is 126 g/mol. The Morgan fingerprint density at radius 1 is 1.22 bits per heavy atom. The van der Waals surface area contributed by atoms with E-state index >= 15 is 0 Å². The zero-order chi connectivity index (χ0) is 7.12. The molecule has 0 atom stereocenters. The summed E-state index contributed by atoms with van der Waals surface area (Å²) < 4.78 is 0. The van der Waals surface area contributed by atoms with E-state index in [4.69, 9.17) is 0 Å². The Balaban J connectivity index is 2.34. The normalized spacial score (nSPS) is 22.2. The summed E-state index contributed by atoms with van der Waals surface area (Å²) in [5, 5.41) is 7.89. The summed E-state index contributed by atoms with van der Waals surface area (Å²) in [5.74, 6) is 0. The second-order valence-corrected chi connectivity index (χ2v) is 4.15. The third-order valence-corrected chi connectivity index (χ3v) is 1.31. The topological polar surface area (TPSA) is 24.7 Å². The highest BCUT2D eigenvalue weighted by molar-refractivity contribution is 4.91. The van der Waals surface area contributed by atoms with E-state index in [0.29, 0.717) is 5.41 Å². The molecule has 0 aromatic heterocycles. The van der Waals surface area contributed by atoms with Gasteiger partial charge < -0.3 is 0 Å². The fourth-order valence-corrected chi connectivity index (χ4v) is 1.16. The van der Waals surface area contributed by atoms with Gasteiger partial charge in [0.15, 0.2) is 5.66 Å². The van der Waals surface area contributed by atoms with Crippen molar-refractivity contribution in [2.45, 2.75) is 39.8 Å². The van der Waals surface area contributed by atoms with Crippen LogP contribution in [0, 0.1) is 5.41 Å². The first-order chi connectivity index (χ1) is 3.91. The minimum atomic E-state index is -0.0156. The Morgan fingerprint density at radius 3 is 1.78 bits per heavy atom. The van der Waals surface area contributed by atoms with Crippen LogP contribution in [0.1, 0.15) is 34.1 Å². The van der Waals surface area contributed by atoms with E-state index in [1.807, 2.05) is 0 Å². The van der Waals surface area contributed by atoms with Crippen molar-refractivity contribution in [3.05, 3.63) is 0 Å². The molecule has 2 nitrogen and oxygen atoms in total. The van der Waals surface area contributed by atoms with Crippen molar-refractivity contribution in [1.29, 1.82) is 0 Å². The first kappa shape index (κ1) is 6.72. The summed E-state index contributed by atoms with van der Waals surface area (Å²) >= 11 is 0. The third-order valence-electron chi connectivity index (χ3n) is 1.31. The summed E-state index contributed by atoms with van der Waals surface area (Å²) in [4.78, 5) is 0. The van der Waals surface area contributed by atoms with E-state index in [9.17, 15) is 0 Å². The molecule has 9 heavy (non-hydrogen) atoms. The highest BCUT2D eigenvalue weighted by Gasteiger charge is 2.37. The van der Waals surface area contributed by atoms with Crippen LogP contribution in [0.15, 0.2) is 10.2 Å². The predicted molar refractivity (Wildman–Crippen MR) is 37.3 cm³/mol. The lowest BCUT2D eigenvalue weighted by atomic mass is 9.87. The molecule has 0 radical (unpaired) electrons. The van der Waals surface area contributed by atoms with E-state index in [2.05, 4.69) is 37.9 Å². The Hall–Kier alpha value is -0.400. The third kappa shape index (κ3) is 2.12. The van der Waals surface area contributed by atoms with E-state index in [-0.39, 0.29) is 5.66 Å². The van der Waals surface area contributed by atoms with Gasteiger partial charge >= 0.3 is 0 Å². The van der Waals surface area contributed by atoms with Crippen molar-refractivity contribution in [3.63, 3.8) is 0 Å². The van der Waals surface area contributed by atoms with Crippen molar-refractivity contribution in [1.82, 2.24) is 0 Å². The van der Waals surface area contributed by atoms with Crippen molar-refractivity contribution in [2.75, 3.05) is 0 Å². The van der Waals surface area contributed by atoms with Crippen LogP contribution in [0.2, 0.25) is 0 Å². The maximum atomic E-state index is 3.94. The molecule has 0 unspecified atom stereocenters. The quantitative estimate of drug-likeness (QED) is 0.516. The van der Waals surface area contributed by atoms with Gasteiger partial charge in [-0.1, -0.05) is 20.8 Å². The number of rotatable bonds is 1. The molecule has 1 heterocycles. The largest absolute Gasteiger partial charge is 0.188 e. The fraction of sp³-hybridized carbons (Fsp3) is 1.00. The number of hydrogen-bond acceptors (Lipinski definition) is 2. The van der Waals surface area contributed by atoms with E-state index in [1.165, 1.54) is 0 Å². The molecule has 0 amide bonds. The minimum absolute atomic E-state index is 0.0156. The molecule has 0 saturated carbocycles. The Morgan fingerprint density at radius 2 is 1.67 bits per heavy atom. The van der Waals surface area contributed by atoms with Crippen molar-refractivity contribution >= 4 is 0 Å². The standard InChI is InChI=1S/C7H14N2/c1-6(2,3)5-7(4)8-9-7/h5H2,1-4H3. The van der Waals surface area contributed by atoms with Gasteiger partial charge in [0.2, 0.25) is 0 Å². The first-order valence-corrected chi connectivity index (χ1v) is 3.35. The van der Waals surface area contributed by atoms with E-state index in [1.54, 1.807) is 0 Å². The second kappa shape index (κ2) is 1.55. The van der Waals surface area contributed by atoms with Gasteiger partial charge in [-0.2, -0.15) is 10.2 Å². The average Bonchev–Trinajstić information content (AvgIpc) is 2.12. The summed E-state index contributed by atoms with van der Waals surface area (Å²) in [7, 11) is 0. The SMILES string of the molecule is CC(C)(C)CC1(C)N=N1. The maximum absolute atomic E-state index is 3.94. The van der Waals surface area contributed by atoms with Crippen LogP contribution >= 0.6 is 0 Å². The van der Waals surface area contributed by atoms with Crippen LogP contribution in [0.4, 0.5) is 0 Å². The molecular weight excluding hydrogens is 112 g/mol. The second-order valence-electron chi connectivity index (χ2n) is 4.15. The minimum Gasteiger partial charge on any atom is -0.159 e. The highest BCUT2D eigenvalue weighted by Crippen LogP contribution is 2.38. The molecule has 0 N–H and O–H groups in total. The molecule has 1 rings (SSSR count). The highest BCUT2D eigenvalue weighted by atomic mass is 15.4. The molecule has 0 aliphatic carbocycles. The molecule has 52 valence electrons. The van der Waals surface area contributed by atoms with E-state index in [0.717, 1.165) is 6.42 Å². The van der Waals surface area contributed by atoms with Gasteiger partial charge in [-0.05, 0) is 12.3 Å². The van der Waals surface area contributed by atoms with Crippen molar-refractivity contribution < 1.29 is 0 Å². The van der Waals surface area contributed by atoms with Crippen LogP contribution in [0.3, 0.4) is 0 Å². The van der Waals surface area contributed by atoms with Crippen LogP contribution in [-0.2, 0) is 0 Å². The number of hydrogen-bond donors (Lipinski definition) is 0. The molecule has 0 aromatic rings. The van der Waals surface area contributed by atoms with Gasteiger partial charge in [0.25, 0.3) is 0 Å². The molecule has 1 aliphatic heterocycles. The van der Waals surface area contributed by atoms with Gasteiger partial charge in [-0.15, -0.1) is 0 Å². The van der Waals surface area contributed by atoms with Crippen molar-refractivity contribution in [2.24, 2.45) is 15.6 Å². The molecule has 0 bridgehead atoms. The molecule has 0 aromatic carbocycles. The molecular formula is C7H14N2. The number of nitrogens with zero attached hydrogens (tertiary/aromatic N) is 2. The first-order valence-electron chi connectivity index (χ1n) is 3.35. The molecule has 0 saturated heterocycles. The monoisotopic (exact) mass is 126 g/mol. The smallest absolute Gasteiger partial charge is 0.159 e. The van der Waals surface area contributed by atoms with Gasteiger partial charge in [-0.3, -0.25) is 0 Å². The lowest BCUT2D eigenvalue weighted by Gasteiger charge is -2.19. The zero-order valence-electron chi connectivity index (χ0n) is 6.60. The van der Waals surface area contributed by atoms with Gasteiger partial charge in [-0.25, -0.2) is 0 Å². The Bertz CT molecular complexity index is 132. The van der Waals surface area contributed by atoms with Gasteiger partial charge in [0.1, 0.15) is 0 Å². The fourth-order valence-electron chi connectivity index (χ4n) is 1.16. The summed E-state index contributed by atoms with van der Waals surface area (Å²) in [5.41, 5.74) is 0.344. The summed E-state index contributed by atoms with van der Waals surface area (Å²) in [6, 6.07) is 0. The zero-order valence-corrected chi connectivity index (χ0v) is 6.60. The Kier molecular flexibility index (Phi) is 1.16. The maximum Gasteiger partial charge on any atom is 0.188 e. The Labute approximate surface area is 56.4 Å². The molecule has 0 fully saturated rings. The molecule has 2 heteroatoms. The summed E-state index contributed by atoms with van der Waals surface area (Å²) in [6.07, 6.45) is 1.07. The van der Waals surface area contributed by atoms with Gasteiger partial charge in [0.05, 0.1) is 0 Å². The van der Waals surface area contributed by atoms with Crippen LogP contribution < -0.4 is 0 Å². The van der Waals surface area contributed by atoms with Crippen LogP contribution in [0.5, 0.6) is 0 Å². The van der Waals surface area contributed by atoms with Crippen LogP contribution in [0.25, 0.3) is 0 Å². The lowest BCUT2D eigenvalue weighted by molar-refractivity contribution is 0.327. The van der Waals surface area contributed by atoms with Gasteiger partial charge in [0, 0.05) is 6.42 Å². The molecule has 0 spiro atoms. The van der Waals surface area contributed by atoms with E-state index < -0.39 is 0 Å². The predicted octanol–water partition coefficient (Wildman–Crippen LogP) is 2.60. The van der Waals surface area contributed by atoms with Crippen molar-refractivity contribution in [3.8, 4) is 0 Å².